The van der Waals surface area contributed by atoms with Gasteiger partial charge in [0.2, 0.25) is 0 Å². The fourth-order valence-electron chi connectivity index (χ4n) is 2.73. The third kappa shape index (κ3) is 4.11. The maximum Gasteiger partial charge on any atom is 0.114 e. The van der Waals surface area contributed by atoms with Crippen LogP contribution in [0, 0.1) is 11.3 Å². The van der Waals surface area contributed by atoms with Crippen LogP contribution < -0.4 is 5.32 Å². The van der Waals surface area contributed by atoms with Gasteiger partial charge in [0, 0.05) is 27.9 Å². The molecule has 0 aliphatic heterocycles. The van der Waals surface area contributed by atoms with Crippen molar-refractivity contribution in [1.82, 2.24) is 4.98 Å². The number of nitriles is 1. The Bertz CT molecular complexity index is 793. The topological polar surface area (TPSA) is 48.7 Å². The summed E-state index contributed by atoms with van der Waals surface area (Å²) in [5.74, 6) is 0.656. The summed E-state index contributed by atoms with van der Waals surface area (Å²) < 4.78 is 0. The lowest BCUT2D eigenvalue weighted by molar-refractivity contribution is 0.660. The first kappa shape index (κ1) is 16.9. The minimum absolute atomic E-state index is 0.656. The number of rotatable bonds is 5. The molecule has 0 unspecified atom stereocenters. The van der Waals surface area contributed by atoms with Crippen LogP contribution in [0.1, 0.15) is 29.7 Å². The summed E-state index contributed by atoms with van der Waals surface area (Å²) in [6, 6.07) is 11.8. The molecule has 0 bridgehead atoms. The largest absolute Gasteiger partial charge is 0.359 e. The average Bonchev–Trinajstić information content (AvgIpc) is 2.61. The number of fused-ring (bicyclic) bond motifs is 1. The molecule has 1 aromatic heterocycles. The van der Waals surface area contributed by atoms with Gasteiger partial charge in [0.1, 0.15) is 11.1 Å². The normalized spacial score (nSPS) is 13.0. The molecule has 0 spiro atoms. The molecule has 0 radical (unpaired) electrons. The molecular formula is C19H18ClN3S. The van der Waals surface area contributed by atoms with Crippen LogP contribution in [0.3, 0.4) is 0 Å². The van der Waals surface area contributed by atoms with Crippen molar-refractivity contribution < 1.29 is 0 Å². The zero-order valence-corrected chi connectivity index (χ0v) is 14.9. The quantitative estimate of drug-likeness (QED) is 0.748. The number of aromatic nitrogens is 1. The first-order valence-electron chi connectivity index (χ1n) is 7.92. The molecule has 0 fully saturated rings. The highest BCUT2D eigenvalue weighted by Gasteiger charge is 2.15. The highest BCUT2D eigenvalue weighted by molar-refractivity contribution is 7.99. The van der Waals surface area contributed by atoms with E-state index in [1.807, 2.05) is 30.3 Å². The smallest absolute Gasteiger partial charge is 0.114 e. The Morgan fingerprint density at radius 3 is 2.79 bits per heavy atom. The van der Waals surface area contributed by atoms with E-state index in [-0.39, 0.29) is 0 Å². The second-order valence-corrected chi connectivity index (χ2v) is 7.19. The van der Waals surface area contributed by atoms with Gasteiger partial charge in [0.25, 0.3) is 0 Å². The van der Waals surface area contributed by atoms with Crippen LogP contribution in [-0.2, 0) is 12.8 Å². The van der Waals surface area contributed by atoms with Gasteiger partial charge in [-0.25, -0.2) is 4.98 Å². The van der Waals surface area contributed by atoms with Crippen molar-refractivity contribution in [2.45, 2.75) is 30.7 Å². The fourth-order valence-corrected chi connectivity index (χ4v) is 3.68. The summed E-state index contributed by atoms with van der Waals surface area (Å²) in [5, 5.41) is 14.2. The first-order chi connectivity index (χ1) is 11.7. The van der Waals surface area contributed by atoms with Gasteiger partial charge in [-0.05, 0) is 61.6 Å². The van der Waals surface area contributed by atoms with Crippen molar-refractivity contribution in [1.29, 1.82) is 5.26 Å². The third-order valence-electron chi connectivity index (χ3n) is 3.93. The summed E-state index contributed by atoms with van der Waals surface area (Å²) in [6.07, 6.45) is 4.42. The number of benzene rings is 1. The lowest BCUT2D eigenvalue weighted by Crippen LogP contribution is -2.08. The SMILES string of the molecule is C=C(CSc1nc2c(cc1C#N)CCCC2)Nc1ccc(Cl)cc1. The van der Waals surface area contributed by atoms with Gasteiger partial charge in [-0.1, -0.05) is 29.9 Å². The zero-order chi connectivity index (χ0) is 16.9. The predicted octanol–water partition coefficient (Wildman–Crippen LogP) is 5.20. The molecule has 24 heavy (non-hydrogen) atoms. The van der Waals surface area contributed by atoms with E-state index in [2.05, 4.69) is 18.0 Å². The van der Waals surface area contributed by atoms with Gasteiger partial charge in [-0.3, -0.25) is 0 Å². The van der Waals surface area contributed by atoms with Gasteiger partial charge in [-0.2, -0.15) is 5.26 Å². The minimum atomic E-state index is 0.656. The monoisotopic (exact) mass is 355 g/mol. The number of anilines is 1. The molecule has 1 N–H and O–H groups in total. The predicted molar refractivity (Wildman–Crippen MR) is 101 cm³/mol. The molecule has 3 rings (SSSR count). The number of nitrogens with one attached hydrogen (secondary N) is 1. The van der Waals surface area contributed by atoms with Crippen LogP contribution in [0.15, 0.2) is 47.6 Å². The Labute approximate surface area is 151 Å². The number of nitrogens with zero attached hydrogens (tertiary/aromatic N) is 2. The van der Waals surface area contributed by atoms with Gasteiger partial charge in [-0.15, -0.1) is 0 Å². The van der Waals surface area contributed by atoms with E-state index < -0.39 is 0 Å². The Hall–Kier alpha value is -1.96. The highest BCUT2D eigenvalue weighted by atomic mass is 35.5. The van der Waals surface area contributed by atoms with Gasteiger partial charge in [0.15, 0.2) is 0 Å². The van der Waals surface area contributed by atoms with E-state index in [1.165, 1.54) is 18.4 Å². The van der Waals surface area contributed by atoms with Crippen LogP contribution in [-0.4, -0.2) is 10.7 Å². The van der Waals surface area contributed by atoms with Crippen molar-refractivity contribution in [3.63, 3.8) is 0 Å². The van der Waals surface area contributed by atoms with Crippen molar-refractivity contribution in [2.24, 2.45) is 0 Å². The van der Waals surface area contributed by atoms with E-state index in [1.54, 1.807) is 11.8 Å². The lowest BCUT2D eigenvalue weighted by Gasteiger charge is -2.17. The second-order valence-electron chi connectivity index (χ2n) is 5.79. The minimum Gasteiger partial charge on any atom is -0.359 e. The molecule has 0 atom stereocenters. The molecule has 1 aliphatic rings. The van der Waals surface area contributed by atoms with Gasteiger partial charge < -0.3 is 5.32 Å². The van der Waals surface area contributed by atoms with Crippen LogP contribution in [0.4, 0.5) is 5.69 Å². The zero-order valence-electron chi connectivity index (χ0n) is 13.3. The number of aryl methyl sites for hydroxylation is 2. The maximum atomic E-state index is 9.39. The Morgan fingerprint density at radius 2 is 2.04 bits per heavy atom. The average molecular weight is 356 g/mol. The Morgan fingerprint density at radius 1 is 1.29 bits per heavy atom. The summed E-state index contributed by atoms with van der Waals surface area (Å²) in [5.41, 5.74) is 4.87. The lowest BCUT2D eigenvalue weighted by atomic mass is 9.95. The van der Waals surface area contributed by atoms with E-state index in [0.29, 0.717) is 16.3 Å². The first-order valence-corrected chi connectivity index (χ1v) is 9.28. The van der Waals surface area contributed by atoms with Crippen molar-refractivity contribution in [3.8, 4) is 6.07 Å². The number of hydrogen-bond acceptors (Lipinski definition) is 4. The van der Waals surface area contributed by atoms with Crippen LogP contribution >= 0.6 is 23.4 Å². The molecule has 5 heteroatoms. The molecule has 1 aromatic carbocycles. The van der Waals surface area contributed by atoms with Crippen molar-refractivity contribution in [3.05, 3.63) is 64.5 Å². The van der Waals surface area contributed by atoms with E-state index >= 15 is 0 Å². The summed E-state index contributed by atoms with van der Waals surface area (Å²) in [7, 11) is 0. The molecule has 3 nitrogen and oxygen atoms in total. The fraction of sp³-hybridized carbons (Fsp3) is 0.263. The van der Waals surface area contributed by atoms with Crippen molar-refractivity contribution >= 4 is 29.1 Å². The Kier molecular flexibility index (Phi) is 5.44. The highest BCUT2D eigenvalue weighted by Crippen LogP contribution is 2.28. The summed E-state index contributed by atoms with van der Waals surface area (Å²) in [4.78, 5) is 4.73. The molecule has 2 aromatic rings. The third-order valence-corrected chi connectivity index (χ3v) is 5.26. The van der Waals surface area contributed by atoms with E-state index in [9.17, 15) is 5.26 Å². The second kappa shape index (κ2) is 7.74. The summed E-state index contributed by atoms with van der Waals surface area (Å²) >= 11 is 7.44. The van der Waals surface area contributed by atoms with E-state index in [4.69, 9.17) is 16.6 Å². The number of halogens is 1. The summed E-state index contributed by atoms with van der Waals surface area (Å²) in [6.45, 7) is 4.05. The molecule has 1 aliphatic carbocycles. The Balaban J connectivity index is 1.66. The molecular weight excluding hydrogens is 338 g/mol. The molecule has 1 heterocycles. The number of hydrogen-bond donors (Lipinski definition) is 1. The van der Waals surface area contributed by atoms with Crippen molar-refractivity contribution in [2.75, 3.05) is 11.1 Å². The number of thioether (sulfide) groups is 1. The van der Waals surface area contributed by atoms with Gasteiger partial charge >= 0.3 is 0 Å². The maximum absolute atomic E-state index is 9.39. The van der Waals surface area contributed by atoms with Gasteiger partial charge in [0.05, 0.1) is 5.56 Å². The molecule has 0 saturated carbocycles. The van der Waals surface area contributed by atoms with Crippen LogP contribution in [0.5, 0.6) is 0 Å². The van der Waals surface area contributed by atoms with Crippen LogP contribution in [0.25, 0.3) is 0 Å². The van der Waals surface area contributed by atoms with Crippen LogP contribution in [0.2, 0.25) is 5.02 Å². The molecule has 122 valence electrons. The number of pyridine rings is 1. The molecule has 0 amide bonds. The molecule has 0 saturated heterocycles. The van der Waals surface area contributed by atoms with E-state index in [0.717, 1.165) is 34.9 Å². The standard InChI is InChI=1S/C19H18ClN3S/c1-13(22-17-8-6-16(20)7-9-17)12-24-19-15(11-21)10-14-4-2-3-5-18(14)23-19/h6-10,22H,1-5,12H2.